The van der Waals surface area contributed by atoms with Crippen molar-refractivity contribution in [2.24, 2.45) is 0 Å². The molecule has 224 valence electrons. The van der Waals surface area contributed by atoms with E-state index in [0.29, 0.717) is 31.0 Å². The Morgan fingerprint density at radius 2 is 1.91 bits per heavy atom. The molecule has 5 rings (SSSR count). The molecule has 1 aromatic carbocycles. The smallest absolute Gasteiger partial charge is 0.355 e. The highest BCUT2D eigenvalue weighted by Crippen LogP contribution is 2.38. The van der Waals surface area contributed by atoms with Gasteiger partial charge in [-0.05, 0) is 56.4 Å². The zero-order valence-electron chi connectivity index (χ0n) is 24.6. The van der Waals surface area contributed by atoms with Crippen molar-refractivity contribution in [3.63, 3.8) is 0 Å². The number of carbonyl (C=O) groups is 1. The van der Waals surface area contributed by atoms with Gasteiger partial charge in [-0.2, -0.15) is 4.98 Å². The molecule has 1 saturated heterocycles. The number of thioether (sulfide) groups is 1. The number of aryl methyl sites for hydroxylation is 1. The van der Waals surface area contributed by atoms with Gasteiger partial charge >= 0.3 is 5.69 Å². The van der Waals surface area contributed by atoms with Crippen LogP contribution in [-0.4, -0.2) is 67.4 Å². The summed E-state index contributed by atoms with van der Waals surface area (Å²) >= 11 is 1.41. The van der Waals surface area contributed by atoms with Gasteiger partial charge in [0.25, 0.3) is 0 Å². The van der Waals surface area contributed by atoms with Crippen molar-refractivity contribution >= 4 is 34.5 Å². The average molecular weight is 607 g/mol. The molecule has 43 heavy (non-hydrogen) atoms. The predicted octanol–water partition coefficient (Wildman–Crippen LogP) is 5.20. The lowest BCUT2D eigenvalue weighted by Gasteiger charge is -2.40. The molecule has 9 nitrogen and oxygen atoms in total. The SMILES string of the molecule is C=CC(=O)N1CCN(c2nc(=O)n(-c3c(SC)cc(C)nc3C(C)C)c3nc(-c4c(O)cccc4F)c(F)cc23)[C@@H](C)C1. The molecule has 0 radical (unpaired) electrons. The third kappa shape index (κ3) is 5.35. The van der Waals surface area contributed by atoms with Crippen LogP contribution < -0.4 is 10.6 Å². The standard InChI is InChI=1S/C31H32F2N6O3S/c1-7-24(41)37-11-12-38(18(5)15-37)29-19-14-21(33)27(25-20(32)9-8-10-22(25)40)35-30(19)39(31(42)36-29)28-23(43-6)13-17(4)34-26(28)16(2)3/h7-10,13-14,16,18,40H,1,11-12,15H2,2-6H3/t18-/m0/s1. The van der Waals surface area contributed by atoms with Crippen LogP contribution in [0.2, 0.25) is 0 Å². The average Bonchev–Trinajstić information content (AvgIpc) is 2.96. The van der Waals surface area contributed by atoms with Gasteiger partial charge in [0.15, 0.2) is 11.5 Å². The lowest BCUT2D eigenvalue weighted by molar-refractivity contribution is -0.126. The molecule has 1 N–H and O–H groups in total. The number of nitrogens with zero attached hydrogens (tertiary/aromatic N) is 6. The molecule has 3 aromatic heterocycles. The Hall–Kier alpha value is -4.32. The molecule has 4 heterocycles. The van der Waals surface area contributed by atoms with Crippen LogP contribution in [0.5, 0.6) is 5.75 Å². The highest BCUT2D eigenvalue weighted by atomic mass is 32.2. The van der Waals surface area contributed by atoms with E-state index in [-0.39, 0.29) is 34.7 Å². The summed E-state index contributed by atoms with van der Waals surface area (Å²) in [6, 6.07) is 6.39. The van der Waals surface area contributed by atoms with Crippen molar-refractivity contribution in [2.45, 2.75) is 44.6 Å². The predicted molar refractivity (Wildman–Crippen MR) is 164 cm³/mol. The summed E-state index contributed by atoms with van der Waals surface area (Å²) in [5.74, 6) is -2.37. The van der Waals surface area contributed by atoms with Crippen LogP contribution in [-0.2, 0) is 4.79 Å². The molecule has 12 heteroatoms. The fourth-order valence-electron chi connectivity index (χ4n) is 5.49. The molecular weight excluding hydrogens is 574 g/mol. The summed E-state index contributed by atoms with van der Waals surface area (Å²) in [5.41, 5.74) is 0.335. The van der Waals surface area contributed by atoms with Crippen molar-refractivity contribution in [3.8, 4) is 22.7 Å². The van der Waals surface area contributed by atoms with Gasteiger partial charge in [-0.15, -0.1) is 11.8 Å². The first-order valence-corrected chi connectivity index (χ1v) is 15.0. The number of hydrogen-bond donors (Lipinski definition) is 1. The summed E-state index contributed by atoms with van der Waals surface area (Å²) in [7, 11) is 0. The van der Waals surface area contributed by atoms with Gasteiger partial charge in [0, 0.05) is 36.3 Å². The third-order valence-electron chi connectivity index (χ3n) is 7.52. The molecule has 0 saturated carbocycles. The van der Waals surface area contributed by atoms with Gasteiger partial charge in [0.05, 0.1) is 22.3 Å². The quantitative estimate of drug-likeness (QED) is 0.236. The summed E-state index contributed by atoms with van der Waals surface area (Å²) < 4.78 is 32.2. The second-order valence-corrected chi connectivity index (χ2v) is 11.6. The normalized spacial score (nSPS) is 15.4. The largest absolute Gasteiger partial charge is 0.507 e. The Balaban J connectivity index is 1.86. The number of hydrogen-bond acceptors (Lipinski definition) is 8. The number of piperazine rings is 1. The van der Waals surface area contributed by atoms with Gasteiger partial charge in [-0.25, -0.2) is 23.1 Å². The number of phenolic OH excluding ortho intramolecular Hbond substituents is 1. The lowest BCUT2D eigenvalue weighted by Crippen LogP contribution is -2.54. The third-order valence-corrected chi connectivity index (χ3v) is 8.27. The van der Waals surface area contributed by atoms with Gasteiger partial charge in [-0.3, -0.25) is 9.78 Å². The van der Waals surface area contributed by atoms with Crippen LogP contribution in [0.3, 0.4) is 0 Å². The summed E-state index contributed by atoms with van der Waals surface area (Å²) in [5, 5.41) is 10.7. The van der Waals surface area contributed by atoms with E-state index in [0.717, 1.165) is 16.7 Å². The molecule has 0 unspecified atom stereocenters. The first kappa shape index (κ1) is 30.1. The van der Waals surface area contributed by atoms with E-state index in [1.807, 2.05) is 44.9 Å². The summed E-state index contributed by atoms with van der Waals surface area (Å²) in [6.07, 6.45) is 3.13. The topological polar surface area (TPSA) is 104 Å². The van der Waals surface area contributed by atoms with Gasteiger partial charge in [-0.1, -0.05) is 26.5 Å². The maximum Gasteiger partial charge on any atom is 0.355 e. The van der Waals surface area contributed by atoms with Crippen molar-refractivity contribution in [3.05, 3.63) is 76.5 Å². The first-order chi connectivity index (χ1) is 20.5. The molecule has 1 fully saturated rings. The molecule has 0 spiro atoms. The second-order valence-electron chi connectivity index (χ2n) is 10.8. The number of pyridine rings is 2. The van der Waals surface area contributed by atoms with E-state index in [9.17, 15) is 19.1 Å². The van der Waals surface area contributed by atoms with E-state index in [1.54, 1.807) is 4.90 Å². The molecule has 4 aromatic rings. The number of anilines is 1. The van der Waals surface area contributed by atoms with Crippen LogP contribution in [0.1, 0.15) is 38.1 Å². The molecule has 1 aliphatic rings. The van der Waals surface area contributed by atoms with Crippen LogP contribution in [0.15, 0.2) is 52.7 Å². The minimum Gasteiger partial charge on any atom is -0.507 e. The maximum atomic E-state index is 15.9. The zero-order valence-corrected chi connectivity index (χ0v) is 25.4. The minimum absolute atomic E-state index is 0.0358. The van der Waals surface area contributed by atoms with Crippen LogP contribution >= 0.6 is 11.8 Å². The van der Waals surface area contributed by atoms with Crippen molar-refractivity contribution in [1.29, 1.82) is 0 Å². The Kier molecular flexibility index (Phi) is 8.24. The maximum absolute atomic E-state index is 15.9. The second kappa shape index (κ2) is 11.8. The number of fused-ring (bicyclic) bond motifs is 1. The number of phenols is 1. The van der Waals surface area contributed by atoms with Gasteiger partial charge < -0.3 is 14.9 Å². The summed E-state index contributed by atoms with van der Waals surface area (Å²) in [6.45, 7) is 12.2. The van der Waals surface area contributed by atoms with Crippen molar-refractivity contribution < 1.29 is 18.7 Å². The van der Waals surface area contributed by atoms with Crippen LogP contribution in [0.25, 0.3) is 28.0 Å². The van der Waals surface area contributed by atoms with Gasteiger partial charge in [0.2, 0.25) is 5.91 Å². The molecular formula is C31H32F2N6O3S. The fraction of sp³-hybridized carbons (Fsp3) is 0.323. The van der Waals surface area contributed by atoms with E-state index in [1.165, 1.54) is 40.6 Å². The number of carbonyl (C=O) groups excluding carboxylic acids is 1. The number of rotatable bonds is 6. The number of amides is 1. The summed E-state index contributed by atoms with van der Waals surface area (Å²) in [4.78, 5) is 44.3. The monoisotopic (exact) mass is 606 g/mol. The Labute approximate surface area is 251 Å². The molecule has 0 aliphatic carbocycles. The Bertz CT molecular complexity index is 1810. The van der Waals surface area contributed by atoms with Crippen molar-refractivity contribution in [2.75, 3.05) is 30.8 Å². The lowest BCUT2D eigenvalue weighted by atomic mass is 10.1. The zero-order chi connectivity index (χ0) is 31.2. The van der Waals surface area contributed by atoms with E-state index >= 15 is 4.39 Å². The molecule has 1 amide bonds. The molecule has 1 atom stereocenters. The number of aromatic nitrogens is 4. The minimum atomic E-state index is -0.898. The first-order valence-electron chi connectivity index (χ1n) is 13.8. The fourth-order valence-corrected chi connectivity index (χ4v) is 6.17. The molecule has 1 aliphatic heterocycles. The molecule has 0 bridgehead atoms. The Morgan fingerprint density at radius 3 is 2.53 bits per heavy atom. The highest BCUT2D eigenvalue weighted by molar-refractivity contribution is 7.98. The number of halogens is 2. The van der Waals surface area contributed by atoms with Crippen LogP contribution in [0, 0.1) is 18.6 Å². The highest BCUT2D eigenvalue weighted by Gasteiger charge is 2.31. The van der Waals surface area contributed by atoms with E-state index in [4.69, 9.17) is 4.98 Å². The van der Waals surface area contributed by atoms with Crippen LogP contribution in [0.4, 0.5) is 14.6 Å². The number of benzene rings is 1. The van der Waals surface area contributed by atoms with E-state index < -0.39 is 34.3 Å². The van der Waals surface area contributed by atoms with Gasteiger partial charge in [0.1, 0.15) is 23.1 Å². The number of aromatic hydroxyl groups is 1. The van der Waals surface area contributed by atoms with Crippen molar-refractivity contribution in [1.82, 2.24) is 24.4 Å². The van der Waals surface area contributed by atoms with E-state index in [2.05, 4.69) is 16.5 Å². The Morgan fingerprint density at radius 1 is 1.16 bits per heavy atom.